The number of benzene rings is 1. The van der Waals surface area contributed by atoms with Crippen LogP contribution in [0, 0.1) is 17.1 Å². The van der Waals surface area contributed by atoms with E-state index < -0.39 is 0 Å². The number of hydrogen-bond acceptors (Lipinski definition) is 3. The molecule has 0 aliphatic heterocycles. The Labute approximate surface area is 125 Å². The molecular formula is C15H13BrFN3. The lowest BCUT2D eigenvalue weighted by molar-refractivity contribution is 0.630. The van der Waals surface area contributed by atoms with Gasteiger partial charge in [-0.1, -0.05) is 22.9 Å². The molecule has 0 aliphatic carbocycles. The number of rotatable bonds is 4. The maximum absolute atomic E-state index is 13.9. The number of anilines is 1. The van der Waals surface area contributed by atoms with Gasteiger partial charge in [-0.2, -0.15) is 5.26 Å². The minimum atomic E-state index is -0.349. The zero-order valence-corrected chi connectivity index (χ0v) is 12.5. The maximum Gasteiger partial charge on any atom is 0.144 e. The van der Waals surface area contributed by atoms with Gasteiger partial charge in [-0.15, -0.1) is 0 Å². The lowest BCUT2D eigenvalue weighted by Crippen LogP contribution is -2.05. The minimum Gasteiger partial charge on any atom is -0.369 e. The molecule has 1 aromatic carbocycles. The van der Waals surface area contributed by atoms with Crippen LogP contribution in [0.5, 0.6) is 0 Å². The highest BCUT2D eigenvalue weighted by atomic mass is 79.9. The van der Waals surface area contributed by atoms with Crippen LogP contribution in [0.3, 0.4) is 0 Å². The number of nitriles is 1. The largest absolute Gasteiger partial charge is 0.369 e. The zero-order valence-electron chi connectivity index (χ0n) is 11.0. The van der Waals surface area contributed by atoms with Crippen LogP contribution in [-0.2, 0) is 0 Å². The van der Waals surface area contributed by atoms with Crippen LogP contribution in [0.4, 0.5) is 10.2 Å². The fraction of sp³-hybridized carbons (Fsp3) is 0.200. The number of halogens is 2. The number of pyridine rings is 1. The van der Waals surface area contributed by atoms with E-state index in [4.69, 9.17) is 5.26 Å². The lowest BCUT2D eigenvalue weighted by Gasteiger charge is -2.09. The van der Waals surface area contributed by atoms with Gasteiger partial charge in [0.25, 0.3) is 0 Å². The zero-order chi connectivity index (χ0) is 14.5. The molecule has 0 saturated carbocycles. The summed E-state index contributed by atoms with van der Waals surface area (Å²) in [6, 6.07) is 10.2. The molecule has 0 unspecified atom stereocenters. The van der Waals surface area contributed by atoms with Crippen molar-refractivity contribution >= 4 is 21.7 Å². The lowest BCUT2D eigenvalue weighted by atomic mass is 10.1. The number of nitrogens with one attached hydrogen (secondary N) is 1. The molecule has 5 heteroatoms. The highest BCUT2D eigenvalue weighted by Crippen LogP contribution is 2.26. The quantitative estimate of drug-likeness (QED) is 0.905. The van der Waals surface area contributed by atoms with Crippen molar-refractivity contribution < 1.29 is 4.39 Å². The van der Waals surface area contributed by atoms with Crippen LogP contribution in [0.1, 0.15) is 18.9 Å². The molecule has 1 N–H and O–H groups in total. The average Bonchev–Trinajstić information content (AvgIpc) is 2.45. The predicted molar refractivity (Wildman–Crippen MR) is 80.8 cm³/mol. The van der Waals surface area contributed by atoms with Gasteiger partial charge in [-0.05, 0) is 36.8 Å². The van der Waals surface area contributed by atoms with Crippen molar-refractivity contribution in [3.8, 4) is 17.3 Å². The molecule has 1 heterocycles. The SMILES string of the molecule is CCCNc1nc(-c2ccc(Br)cc2F)ccc1C#N. The normalized spacial score (nSPS) is 10.1. The molecule has 0 aliphatic rings. The van der Waals surface area contributed by atoms with Gasteiger partial charge in [0.2, 0.25) is 0 Å². The topological polar surface area (TPSA) is 48.7 Å². The molecule has 0 fully saturated rings. The van der Waals surface area contributed by atoms with Crippen molar-refractivity contribution in [3.63, 3.8) is 0 Å². The average molecular weight is 334 g/mol. The minimum absolute atomic E-state index is 0.349. The van der Waals surface area contributed by atoms with Gasteiger partial charge < -0.3 is 5.32 Å². The van der Waals surface area contributed by atoms with E-state index in [1.54, 1.807) is 24.3 Å². The van der Waals surface area contributed by atoms with Gasteiger partial charge >= 0.3 is 0 Å². The summed E-state index contributed by atoms with van der Waals surface area (Å²) in [6.45, 7) is 2.74. The van der Waals surface area contributed by atoms with E-state index in [9.17, 15) is 4.39 Å². The molecule has 0 spiro atoms. The summed E-state index contributed by atoms with van der Waals surface area (Å²) >= 11 is 3.22. The van der Waals surface area contributed by atoms with Crippen LogP contribution in [0.2, 0.25) is 0 Å². The number of aromatic nitrogens is 1. The van der Waals surface area contributed by atoms with Crippen LogP contribution in [0.25, 0.3) is 11.3 Å². The summed E-state index contributed by atoms with van der Waals surface area (Å²) in [5.41, 5.74) is 1.38. The molecule has 2 rings (SSSR count). The molecule has 0 bridgehead atoms. The van der Waals surface area contributed by atoms with Gasteiger partial charge in [0.05, 0.1) is 11.3 Å². The highest BCUT2D eigenvalue weighted by Gasteiger charge is 2.10. The van der Waals surface area contributed by atoms with Gasteiger partial charge in [0.15, 0.2) is 0 Å². The molecule has 2 aromatic rings. The monoisotopic (exact) mass is 333 g/mol. The number of nitrogens with zero attached hydrogens (tertiary/aromatic N) is 2. The van der Waals surface area contributed by atoms with Crippen LogP contribution in [0.15, 0.2) is 34.8 Å². The third-order valence-electron chi connectivity index (χ3n) is 2.77. The van der Waals surface area contributed by atoms with Crippen molar-refractivity contribution in [1.82, 2.24) is 4.98 Å². The van der Waals surface area contributed by atoms with E-state index in [2.05, 4.69) is 32.3 Å². The first-order valence-corrected chi connectivity index (χ1v) is 7.05. The Hall–Kier alpha value is -1.93. The Morgan fingerprint density at radius 3 is 2.80 bits per heavy atom. The summed E-state index contributed by atoms with van der Waals surface area (Å²) in [5.74, 6) is 0.146. The van der Waals surface area contributed by atoms with Crippen molar-refractivity contribution in [2.75, 3.05) is 11.9 Å². The second kappa shape index (κ2) is 6.49. The molecule has 20 heavy (non-hydrogen) atoms. The van der Waals surface area contributed by atoms with Crippen LogP contribution >= 0.6 is 15.9 Å². The van der Waals surface area contributed by atoms with Gasteiger partial charge in [-0.25, -0.2) is 9.37 Å². The Bertz CT molecular complexity index is 665. The van der Waals surface area contributed by atoms with E-state index in [0.717, 1.165) is 6.42 Å². The van der Waals surface area contributed by atoms with Gasteiger partial charge in [-0.3, -0.25) is 0 Å². The molecule has 1 aromatic heterocycles. The van der Waals surface area contributed by atoms with Crippen LogP contribution in [-0.4, -0.2) is 11.5 Å². The fourth-order valence-electron chi connectivity index (χ4n) is 1.77. The second-order valence-corrected chi connectivity index (χ2v) is 5.17. The van der Waals surface area contributed by atoms with Gasteiger partial charge in [0, 0.05) is 16.6 Å². The van der Waals surface area contributed by atoms with Crippen molar-refractivity contribution in [1.29, 1.82) is 5.26 Å². The molecule has 102 valence electrons. The van der Waals surface area contributed by atoms with Crippen molar-refractivity contribution in [2.24, 2.45) is 0 Å². The molecule has 0 radical (unpaired) electrons. The van der Waals surface area contributed by atoms with E-state index in [1.807, 2.05) is 6.92 Å². The van der Waals surface area contributed by atoms with E-state index in [-0.39, 0.29) is 5.82 Å². The molecule has 0 saturated heterocycles. The van der Waals surface area contributed by atoms with E-state index in [0.29, 0.717) is 33.7 Å². The summed E-state index contributed by atoms with van der Waals surface area (Å²) in [5, 5.41) is 12.1. The van der Waals surface area contributed by atoms with Crippen molar-refractivity contribution in [3.05, 3.63) is 46.2 Å². The first-order valence-electron chi connectivity index (χ1n) is 6.26. The Morgan fingerprint density at radius 1 is 1.35 bits per heavy atom. The predicted octanol–water partition coefficient (Wildman–Crippen LogP) is 4.34. The third-order valence-corrected chi connectivity index (χ3v) is 3.26. The van der Waals surface area contributed by atoms with Gasteiger partial charge in [0.1, 0.15) is 17.7 Å². The Balaban J connectivity index is 2.45. The van der Waals surface area contributed by atoms with E-state index in [1.165, 1.54) is 6.07 Å². The van der Waals surface area contributed by atoms with Crippen molar-refractivity contribution in [2.45, 2.75) is 13.3 Å². The maximum atomic E-state index is 13.9. The number of hydrogen-bond donors (Lipinski definition) is 1. The van der Waals surface area contributed by atoms with Crippen LogP contribution < -0.4 is 5.32 Å². The first-order chi connectivity index (χ1) is 9.65. The summed E-state index contributed by atoms with van der Waals surface area (Å²) in [4.78, 5) is 4.35. The Kier molecular flexibility index (Phi) is 4.70. The fourth-order valence-corrected chi connectivity index (χ4v) is 2.11. The first kappa shape index (κ1) is 14.5. The summed E-state index contributed by atoms with van der Waals surface area (Å²) in [6.07, 6.45) is 0.920. The summed E-state index contributed by atoms with van der Waals surface area (Å²) in [7, 11) is 0. The second-order valence-electron chi connectivity index (χ2n) is 4.26. The molecule has 0 atom stereocenters. The molecule has 0 amide bonds. The summed E-state index contributed by atoms with van der Waals surface area (Å²) < 4.78 is 14.6. The highest BCUT2D eigenvalue weighted by molar-refractivity contribution is 9.10. The smallest absolute Gasteiger partial charge is 0.144 e. The third kappa shape index (κ3) is 3.14. The standard InChI is InChI=1S/C15H13BrFN3/c1-2-7-19-15-10(9-18)3-6-14(20-15)12-5-4-11(16)8-13(12)17/h3-6,8H,2,7H2,1H3,(H,19,20). The van der Waals surface area contributed by atoms with E-state index >= 15 is 0 Å². The molecule has 3 nitrogen and oxygen atoms in total. The Morgan fingerprint density at radius 2 is 2.15 bits per heavy atom. The molecular weight excluding hydrogens is 321 g/mol.